The SMILES string of the molecule is CC(=O)OCc1cc(OC(C)=O)cc(C2CN2)c1Br. The fourth-order valence-electron chi connectivity index (χ4n) is 1.72. The molecule has 0 amide bonds. The molecular formula is C13H14BrNO4. The van der Waals surface area contributed by atoms with E-state index in [-0.39, 0.29) is 24.6 Å². The molecule has 0 radical (unpaired) electrons. The minimum absolute atomic E-state index is 0.144. The summed E-state index contributed by atoms with van der Waals surface area (Å²) in [5, 5.41) is 3.19. The summed E-state index contributed by atoms with van der Waals surface area (Å²) in [5.41, 5.74) is 1.78. The first-order chi connectivity index (χ1) is 8.97. The molecule has 1 aromatic rings. The topological polar surface area (TPSA) is 74.5 Å². The molecule has 0 spiro atoms. The standard InChI is InChI=1S/C13H14BrNO4/c1-7(16)18-6-9-3-10(19-8(2)17)4-11(13(9)14)12-5-15-12/h3-4,12,15H,5-6H2,1-2H3. The molecule has 0 bridgehead atoms. The lowest BCUT2D eigenvalue weighted by atomic mass is 10.1. The molecule has 1 fully saturated rings. The molecule has 6 heteroatoms. The smallest absolute Gasteiger partial charge is 0.308 e. The zero-order chi connectivity index (χ0) is 14.0. The predicted molar refractivity (Wildman–Crippen MR) is 71.7 cm³/mol. The fourth-order valence-corrected chi connectivity index (χ4v) is 2.34. The van der Waals surface area contributed by atoms with Gasteiger partial charge in [-0.05, 0) is 17.7 Å². The van der Waals surface area contributed by atoms with Crippen molar-refractivity contribution in [2.45, 2.75) is 26.5 Å². The van der Waals surface area contributed by atoms with E-state index in [1.807, 2.05) is 6.07 Å². The minimum Gasteiger partial charge on any atom is -0.461 e. The number of benzene rings is 1. The van der Waals surface area contributed by atoms with Crippen LogP contribution in [0.3, 0.4) is 0 Å². The van der Waals surface area contributed by atoms with Gasteiger partial charge in [0.25, 0.3) is 0 Å². The molecule has 1 aromatic carbocycles. The Morgan fingerprint density at radius 3 is 2.58 bits per heavy atom. The fraction of sp³-hybridized carbons (Fsp3) is 0.385. The van der Waals surface area contributed by atoms with Gasteiger partial charge in [0.1, 0.15) is 12.4 Å². The molecule has 2 rings (SSSR count). The van der Waals surface area contributed by atoms with Crippen LogP contribution in [0, 0.1) is 0 Å². The van der Waals surface area contributed by atoms with Gasteiger partial charge in [0.2, 0.25) is 0 Å². The Morgan fingerprint density at radius 1 is 1.37 bits per heavy atom. The van der Waals surface area contributed by atoms with Crippen LogP contribution in [0.4, 0.5) is 0 Å². The van der Waals surface area contributed by atoms with Crippen LogP contribution in [0.1, 0.15) is 31.0 Å². The average Bonchev–Trinajstić information content (AvgIpc) is 3.12. The molecule has 0 saturated carbocycles. The lowest BCUT2D eigenvalue weighted by molar-refractivity contribution is -0.142. The molecule has 1 saturated heterocycles. The summed E-state index contributed by atoms with van der Waals surface area (Å²) in [6.45, 7) is 3.73. The highest BCUT2D eigenvalue weighted by atomic mass is 79.9. The summed E-state index contributed by atoms with van der Waals surface area (Å²) in [7, 11) is 0. The Hall–Kier alpha value is -1.40. The molecule has 0 aromatic heterocycles. The number of rotatable bonds is 4. The van der Waals surface area contributed by atoms with E-state index in [0.717, 1.165) is 22.1 Å². The number of carbonyl (C=O) groups excluding carboxylic acids is 2. The van der Waals surface area contributed by atoms with Crippen molar-refractivity contribution in [3.8, 4) is 5.75 Å². The minimum atomic E-state index is -0.379. The second kappa shape index (κ2) is 5.71. The van der Waals surface area contributed by atoms with Crippen molar-refractivity contribution in [1.29, 1.82) is 0 Å². The van der Waals surface area contributed by atoms with Crippen molar-refractivity contribution in [2.24, 2.45) is 0 Å². The van der Waals surface area contributed by atoms with E-state index in [0.29, 0.717) is 5.75 Å². The van der Waals surface area contributed by atoms with Gasteiger partial charge in [0.05, 0.1) is 0 Å². The van der Waals surface area contributed by atoms with E-state index < -0.39 is 0 Å². The molecule has 1 N–H and O–H groups in total. The number of halogens is 1. The van der Waals surface area contributed by atoms with E-state index >= 15 is 0 Å². The highest BCUT2D eigenvalue weighted by Gasteiger charge is 2.27. The van der Waals surface area contributed by atoms with Crippen LogP contribution in [-0.2, 0) is 20.9 Å². The molecule has 1 unspecified atom stereocenters. The first-order valence-electron chi connectivity index (χ1n) is 5.85. The van der Waals surface area contributed by atoms with Crippen molar-refractivity contribution < 1.29 is 19.1 Å². The summed E-state index contributed by atoms with van der Waals surface area (Å²) < 4.78 is 11.0. The Bertz CT molecular complexity index is 526. The molecular weight excluding hydrogens is 314 g/mol. The normalized spacial score (nSPS) is 16.9. The molecule has 102 valence electrons. The van der Waals surface area contributed by atoms with Gasteiger partial charge in [-0.1, -0.05) is 15.9 Å². The lowest BCUT2D eigenvalue weighted by Crippen LogP contribution is -2.05. The van der Waals surface area contributed by atoms with Gasteiger partial charge in [-0.25, -0.2) is 0 Å². The van der Waals surface area contributed by atoms with Gasteiger partial charge >= 0.3 is 11.9 Å². The maximum atomic E-state index is 11.0. The number of carbonyl (C=O) groups is 2. The highest BCUT2D eigenvalue weighted by molar-refractivity contribution is 9.10. The Kier molecular flexibility index (Phi) is 4.21. The maximum Gasteiger partial charge on any atom is 0.308 e. The number of ether oxygens (including phenoxy) is 2. The van der Waals surface area contributed by atoms with Gasteiger partial charge in [-0.15, -0.1) is 0 Å². The van der Waals surface area contributed by atoms with Crippen LogP contribution >= 0.6 is 15.9 Å². The number of hydrogen-bond acceptors (Lipinski definition) is 5. The Labute approximate surface area is 119 Å². The third-order valence-corrected chi connectivity index (χ3v) is 3.59. The van der Waals surface area contributed by atoms with Crippen LogP contribution in [0.5, 0.6) is 5.75 Å². The van der Waals surface area contributed by atoms with Crippen LogP contribution < -0.4 is 10.1 Å². The van der Waals surface area contributed by atoms with Crippen molar-refractivity contribution >= 4 is 27.9 Å². The van der Waals surface area contributed by atoms with Gasteiger partial charge < -0.3 is 14.8 Å². The second-order valence-corrected chi connectivity index (χ2v) is 5.11. The second-order valence-electron chi connectivity index (χ2n) is 4.32. The van der Waals surface area contributed by atoms with Crippen molar-refractivity contribution in [2.75, 3.05) is 6.54 Å². The van der Waals surface area contributed by atoms with E-state index in [1.54, 1.807) is 6.07 Å². The van der Waals surface area contributed by atoms with Crippen molar-refractivity contribution in [3.63, 3.8) is 0 Å². The molecule has 1 heterocycles. The summed E-state index contributed by atoms with van der Waals surface area (Å²) in [6.07, 6.45) is 0. The monoisotopic (exact) mass is 327 g/mol. The van der Waals surface area contributed by atoms with Crippen LogP contribution in [0.2, 0.25) is 0 Å². The summed E-state index contributed by atoms with van der Waals surface area (Å²) >= 11 is 3.50. The Balaban J connectivity index is 2.30. The largest absolute Gasteiger partial charge is 0.461 e. The van der Waals surface area contributed by atoms with Gasteiger partial charge in [-0.2, -0.15) is 0 Å². The zero-order valence-corrected chi connectivity index (χ0v) is 12.2. The molecule has 5 nitrogen and oxygen atoms in total. The van der Waals surface area contributed by atoms with Crippen LogP contribution in [0.25, 0.3) is 0 Å². The summed E-state index contributed by atoms with van der Waals surface area (Å²) in [6, 6.07) is 3.76. The lowest BCUT2D eigenvalue weighted by Gasteiger charge is -2.12. The van der Waals surface area contributed by atoms with Gasteiger partial charge in [0, 0.05) is 36.5 Å². The first-order valence-corrected chi connectivity index (χ1v) is 6.64. The van der Waals surface area contributed by atoms with Crippen LogP contribution in [-0.4, -0.2) is 18.5 Å². The molecule has 19 heavy (non-hydrogen) atoms. The molecule has 1 aliphatic heterocycles. The first kappa shape index (κ1) is 14.0. The zero-order valence-electron chi connectivity index (χ0n) is 10.7. The Morgan fingerprint density at radius 2 is 2.05 bits per heavy atom. The summed E-state index contributed by atoms with van der Waals surface area (Å²) in [4.78, 5) is 21.9. The number of esters is 2. The molecule has 1 aliphatic rings. The quantitative estimate of drug-likeness (QED) is 0.520. The maximum absolute atomic E-state index is 11.0. The third-order valence-electron chi connectivity index (χ3n) is 2.63. The van der Waals surface area contributed by atoms with Gasteiger partial charge in [-0.3, -0.25) is 9.59 Å². The van der Waals surface area contributed by atoms with Crippen molar-refractivity contribution in [3.05, 3.63) is 27.7 Å². The summed E-state index contributed by atoms with van der Waals surface area (Å²) in [5.74, 6) is -0.270. The molecule has 1 atom stereocenters. The van der Waals surface area contributed by atoms with Crippen molar-refractivity contribution in [1.82, 2.24) is 5.32 Å². The van der Waals surface area contributed by atoms with E-state index in [2.05, 4.69) is 21.2 Å². The van der Waals surface area contributed by atoms with E-state index in [1.165, 1.54) is 13.8 Å². The third kappa shape index (κ3) is 3.78. The van der Waals surface area contributed by atoms with E-state index in [4.69, 9.17) is 9.47 Å². The van der Waals surface area contributed by atoms with E-state index in [9.17, 15) is 9.59 Å². The predicted octanol–water partition coefficient (Wildman–Crippen LogP) is 2.08. The molecule has 0 aliphatic carbocycles. The highest BCUT2D eigenvalue weighted by Crippen LogP contribution is 2.35. The van der Waals surface area contributed by atoms with Crippen LogP contribution in [0.15, 0.2) is 16.6 Å². The average molecular weight is 328 g/mol. The number of nitrogens with one attached hydrogen (secondary N) is 1. The van der Waals surface area contributed by atoms with Gasteiger partial charge in [0.15, 0.2) is 0 Å². The number of hydrogen-bond donors (Lipinski definition) is 1.